The normalized spacial score (nSPS) is 12.1. The minimum atomic E-state index is -0.430. The van der Waals surface area contributed by atoms with E-state index in [-0.39, 0.29) is 23.8 Å². The molecule has 0 aliphatic rings. The predicted molar refractivity (Wildman–Crippen MR) is 135 cm³/mol. The van der Waals surface area contributed by atoms with Crippen LogP contribution in [-0.4, -0.2) is 25.5 Å². The van der Waals surface area contributed by atoms with E-state index < -0.39 is 5.41 Å². The summed E-state index contributed by atoms with van der Waals surface area (Å²) in [5.41, 5.74) is 2.70. The molecule has 0 bridgehead atoms. The van der Waals surface area contributed by atoms with Crippen molar-refractivity contribution in [1.29, 1.82) is 0 Å². The molecule has 3 rings (SSSR count). The van der Waals surface area contributed by atoms with Crippen LogP contribution in [0.1, 0.15) is 81.6 Å². The van der Waals surface area contributed by atoms with Gasteiger partial charge in [-0.1, -0.05) is 53.7 Å². The average molecular weight is 465 g/mol. The standard InChI is InChI=1S/C29H36O5/c1-8-19-16-22(12-14-23(19)33-18-25(30)28(4,5)6)29(9-2,10-3)26-17-21-15-20(27(31)32-7)11-13-24(21)34-26/h11-17H,8-10,18H2,1-7H3. The number of furan rings is 1. The van der Waals surface area contributed by atoms with Crippen molar-refractivity contribution in [2.45, 2.75) is 66.2 Å². The Labute approximate surface area is 202 Å². The number of Topliss-reactive ketones (excluding diaryl/α,β-unsaturated/α-hetero) is 1. The summed E-state index contributed by atoms with van der Waals surface area (Å²) in [6.45, 7) is 12.2. The van der Waals surface area contributed by atoms with Crippen molar-refractivity contribution in [2.75, 3.05) is 13.7 Å². The number of ketones is 1. The lowest BCUT2D eigenvalue weighted by Gasteiger charge is -2.31. The summed E-state index contributed by atoms with van der Waals surface area (Å²) in [5.74, 6) is 1.32. The van der Waals surface area contributed by atoms with Crippen LogP contribution in [0.25, 0.3) is 11.0 Å². The Kier molecular flexibility index (Phi) is 7.54. The fourth-order valence-corrected chi connectivity index (χ4v) is 4.33. The number of benzene rings is 2. The van der Waals surface area contributed by atoms with E-state index >= 15 is 0 Å². The number of rotatable bonds is 9. The maximum Gasteiger partial charge on any atom is 0.337 e. The predicted octanol–water partition coefficient (Wildman–Crippen LogP) is 6.88. The second kappa shape index (κ2) is 10.0. The molecule has 1 aromatic heterocycles. The van der Waals surface area contributed by atoms with E-state index in [2.05, 4.69) is 32.9 Å². The van der Waals surface area contributed by atoms with E-state index in [0.29, 0.717) is 5.56 Å². The fourth-order valence-electron chi connectivity index (χ4n) is 4.33. The van der Waals surface area contributed by atoms with E-state index in [1.165, 1.54) is 7.11 Å². The van der Waals surface area contributed by atoms with Gasteiger partial charge in [0.05, 0.1) is 18.1 Å². The highest BCUT2D eigenvalue weighted by Crippen LogP contribution is 2.42. The fraction of sp³-hybridized carbons (Fsp3) is 0.448. The van der Waals surface area contributed by atoms with Gasteiger partial charge in [-0.3, -0.25) is 4.79 Å². The first kappa shape index (κ1) is 25.5. The first-order chi connectivity index (χ1) is 16.1. The topological polar surface area (TPSA) is 65.7 Å². The zero-order valence-electron chi connectivity index (χ0n) is 21.4. The van der Waals surface area contributed by atoms with Gasteiger partial charge >= 0.3 is 5.97 Å². The molecule has 2 aromatic carbocycles. The van der Waals surface area contributed by atoms with Crippen LogP contribution >= 0.6 is 0 Å². The van der Waals surface area contributed by atoms with Crippen molar-refractivity contribution >= 4 is 22.7 Å². The Bertz CT molecular complexity index is 1170. The van der Waals surface area contributed by atoms with Gasteiger partial charge in [-0.2, -0.15) is 0 Å². The number of fused-ring (bicyclic) bond motifs is 1. The van der Waals surface area contributed by atoms with Crippen LogP contribution in [0.3, 0.4) is 0 Å². The molecule has 3 aromatic rings. The second-order valence-corrected chi connectivity index (χ2v) is 9.78. The Morgan fingerprint density at radius 3 is 2.24 bits per heavy atom. The number of methoxy groups -OCH3 is 1. The van der Waals surface area contributed by atoms with Crippen molar-refractivity contribution in [3.05, 3.63) is 64.9 Å². The van der Waals surface area contributed by atoms with Crippen LogP contribution in [0.4, 0.5) is 0 Å². The zero-order valence-corrected chi connectivity index (χ0v) is 21.4. The molecule has 0 radical (unpaired) electrons. The molecule has 0 unspecified atom stereocenters. The third-order valence-corrected chi connectivity index (χ3v) is 6.81. The number of hydrogen-bond acceptors (Lipinski definition) is 5. The number of aryl methyl sites for hydroxylation is 1. The highest BCUT2D eigenvalue weighted by Gasteiger charge is 2.35. The van der Waals surface area contributed by atoms with E-state index in [4.69, 9.17) is 13.9 Å². The van der Waals surface area contributed by atoms with Crippen molar-refractivity contribution in [1.82, 2.24) is 0 Å². The number of esters is 1. The average Bonchev–Trinajstić information content (AvgIpc) is 3.26. The van der Waals surface area contributed by atoms with Gasteiger partial charge in [0.1, 0.15) is 23.7 Å². The molecule has 0 atom stereocenters. The van der Waals surface area contributed by atoms with Gasteiger partial charge < -0.3 is 13.9 Å². The van der Waals surface area contributed by atoms with Gasteiger partial charge in [0.25, 0.3) is 0 Å². The summed E-state index contributed by atoms with van der Waals surface area (Å²) in [6, 6.07) is 13.6. The molecule has 182 valence electrons. The SMILES string of the molecule is CCc1cc(C(CC)(CC)c2cc3cc(C(=O)OC)ccc3o2)ccc1OCC(=O)C(C)(C)C. The lowest BCUT2D eigenvalue weighted by Crippen LogP contribution is -2.27. The third-order valence-electron chi connectivity index (χ3n) is 6.81. The van der Waals surface area contributed by atoms with Crippen LogP contribution in [0.2, 0.25) is 0 Å². The number of ether oxygens (including phenoxy) is 2. The summed E-state index contributed by atoms with van der Waals surface area (Å²) in [5, 5.41) is 0.875. The highest BCUT2D eigenvalue weighted by atomic mass is 16.5. The van der Waals surface area contributed by atoms with Crippen molar-refractivity contribution in [3.8, 4) is 5.75 Å². The zero-order chi connectivity index (χ0) is 25.1. The molecule has 0 fully saturated rings. The number of hydrogen-bond donors (Lipinski definition) is 0. The van der Waals surface area contributed by atoms with Gasteiger partial charge in [-0.05, 0) is 60.7 Å². The van der Waals surface area contributed by atoms with Crippen LogP contribution in [0, 0.1) is 5.41 Å². The van der Waals surface area contributed by atoms with Gasteiger partial charge in [0.2, 0.25) is 0 Å². The maximum absolute atomic E-state index is 12.3. The largest absolute Gasteiger partial charge is 0.486 e. The third kappa shape index (κ3) is 4.89. The molecule has 34 heavy (non-hydrogen) atoms. The van der Waals surface area contributed by atoms with Crippen LogP contribution in [0.5, 0.6) is 5.75 Å². The minimum absolute atomic E-state index is 0.0641. The second-order valence-electron chi connectivity index (χ2n) is 9.78. The van der Waals surface area contributed by atoms with Gasteiger partial charge in [0.15, 0.2) is 5.78 Å². The molecule has 0 aliphatic heterocycles. The molecule has 1 heterocycles. The van der Waals surface area contributed by atoms with Gasteiger partial charge in [-0.25, -0.2) is 4.79 Å². The smallest absolute Gasteiger partial charge is 0.337 e. The summed E-state index contributed by atoms with van der Waals surface area (Å²) >= 11 is 0. The summed E-state index contributed by atoms with van der Waals surface area (Å²) in [4.78, 5) is 24.3. The molecule has 0 amide bonds. The number of carbonyl (C=O) groups is 2. The van der Waals surface area contributed by atoms with E-state index in [1.54, 1.807) is 6.07 Å². The summed E-state index contributed by atoms with van der Waals surface area (Å²) < 4.78 is 17.1. The molecule has 5 heteroatoms. The molecule has 0 N–H and O–H groups in total. The minimum Gasteiger partial charge on any atom is -0.486 e. The van der Waals surface area contributed by atoms with Crippen molar-refractivity contribution in [3.63, 3.8) is 0 Å². The van der Waals surface area contributed by atoms with E-state index in [9.17, 15) is 9.59 Å². The Balaban J connectivity index is 2.00. The summed E-state index contributed by atoms with van der Waals surface area (Å²) in [6.07, 6.45) is 2.48. The Morgan fingerprint density at radius 2 is 1.65 bits per heavy atom. The van der Waals surface area contributed by atoms with Crippen molar-refractivity contribution < 1.29 is 23.5 Å². The van der Waals surface area contributed by atoms with Gasteiger partial charge in [-0.15, -0.1) is 0 Å². The lowest BCUT2D eigenvalue weighted by molar-refractivity contribution is -0.128. The quantitative estimate of drug-likeness (QED) is 0.323. The molecule has 0 saturated heterocycles. The molecule has 5 nitrogen and oxygen atoms in total. The van der Waals surface area contributed by atoms with Crippen molar-refractivity contribution in [2.24, 2.45) is 5.41 Å². The molecule has 0 aliphatic carbocycles. The van der Waals surface area contributed by atoms with Crippen LogP contribution < -0.4 is 4.74 Å². The first-order valence-corrected chi connectivity index (χ1v) is 12.0. The molecular weight excluding hydrogens is 428 g/mol. The first-order valence-electron chi connectivity index (χ1n) is 12.0. The van der Waals surface area contributed by atoms with Crippen LogP contribution in [0.15, 0.2) is 46.9 Å². The monoisotopic (exact) mass is 464 g/mol. The molecule has 0 saturated carbocycles. The highest BCUT2D eigenvalue weighted by molar-refractivity contribution is 5.94. The molecule has 0 spiro atoms. The Morgan fingerprint density at radius 1 is 0.941 bits per heavy atom. The van der Waals surface area contributed by atoms with E-state index in [0.717, 1.165) is 52.9 Å². The number of carbonyl (C=O) groups excluding carboxylic acids is 2. The van der Waals surface area contributed by atoms with Gasteiger partial charge in [0, 0.05) is 10.8 Å². The van der Waals surface area contributed by atoms with E-state index in [1.807, 2.05) is 45.0 Å². The molecular formula is C29H36O5. The lowest BCUT2D eigenvalue weighted by atomic mass is 9.73. The Hall–Kier alpha value is -3.08. The van der Waals surface area contributed by atoms with Crippen LogP contribution in [-0.2, 0) is 21.4 Å². The maximum atomic E-state index is 12.3. The summed E-state index contributed by atoms with van der Waals surface area (Å²) in [7, 11) is 1.38.